The highest BCUT2D eigenvalue weighted by Gasteiger charge is 2.15. The molecular formula is C19H23N5O2. The van der Waals surface area contributed by atoms with Crippen molar-refractivity contribution in [2.75, 3.05) is 26.2 Å². The van der Waals surface area contributed by atoms with Gasteiger partial charge in [-0.25, -0.2) is 4.98 Å². The molecule has 2 heterocycles. The number of pyridine rings is 1. The van der Waals surface area contributed by atoms with Gasteiger partial charge in [0.25, 0.3) is 5.91 Å². The number of carbonyl (C=O) groups is 1. The Labute approximate surface area is 152 Å². The monoisotopic (exact) mass is 353 g/mol. The number of para-hydroxylation sites is 1. The summed E-state index contributed by atoms with van der Waals surface area (Å²) in [6.07, 6.45) is 3.39. The molecule has 26 heavy (non-hydrogen) atoms. The molecule has 3 rings (SSSR count). The molecule has 0 saturated heterocycles. The zero-order valence-corrected chi connectivity index (χ0v) is 15.0. The van der Waals surface area contributed by atoms with Crippen molar-refractivity contribution >= 4 is 16.9 Å². The van der Waals surface area contributed by atoms with Gasteiger partial charge in [0.05, 0.1) is 16.6 Å². The summed E-state index contributed by atoms with van der Waals surface area (Å²) in [7, 11) is 0. The van der Waals surface area contributed by atoms with Crippen molar-refractivity contribution in [3.8, 4) is 17.1 Å². The number of carbonyl (C=O) groups excluding carboxylic acids is 1. The Bertz CT molecular complexity index is 902. The molecule has 136 valence electrons. The van der Waals surface area contributed by atoms with Crippen molar-refractivity contribution in [2.45, 2.75) is 13.8 Å². The second-order valence-electron chi connectivity index (χ2n) is 5.90. The van der Waals surface area contributed by atoms with Crippen LogP contribution in [0.4, 0.5) is 0 Å². The standard InChI is InChI=1S/C19H23N5O2/c1-3-24(4-2)10-11-26-16-8-9-21-12-14(16)19-22-15-7-5-6-13(18(20)25)17(15)23-19/h5-9,12H,3-4,10-11H2,1-2H3,(H2,20,25)(H,22,23). The largest absolute Gasteiger partial charge is 0.491 e. The van der Waals surface area contributed by atoms with Crippen LogP contribution in [0.1, 0.15) is 24.2 Å². The van der Waals surface area contributed by atoms with Crippen molar-refractivity contribution in [3.05, 3.63) is 42.2 Å². The number of primary amides is 1. The third-order valence-electron chi connectivity index (χ3n) is 4.37. The van der Waals surface area contributed by atoms with Gasteiger partial charge in [-0.05, 0) is 31.3 Å². The maximum Gasteiger partial charge on any atom is 0.250 e. The van der Waals surface area contributed by atoms with Gasteiger partial charge in [-0.1, -0.05) is 19.9 Å². The molecule has 3 N–H and O–H groups in total. The summed E-state index contributed by atoms with van der Waals surface area (Å²) in [6.45, 7) is 7.66. The third kappa shape index (κ3) is 3.67. The number of H-pyrrole nitrogens is 1. The number of benzene rings is 1. The number of fused-ring (bicyclic) bond motifs is 1. The van der Waals surface area contributed by atoms with E-state index in [1.165, 1.54) is 0 Å². The lowest BCUT2D eigenvalue weighted by Gasteiger charge is -2.18. The summed E-state index contributed by atoms with van der Waals surface area (Å²) in [6, 6.07) is 7.12. The Morgan fingerprint density at radius 2 is 2.08 bits per heavy atom. The van der Waals surface area contributed by atoms with Crippen LogP contribution in [0.25, 0.3) is 22.4 Å². The summed E-state index contributed by atoms with van der Waals surface area (Å²) >= 11 is 0. The van der Waals surface area contributed by atoms with Gasteiger partial charge >= 0.3 is 0 Å². The number of likely N-dealkylation sites (N-methyl/N-ethyl adjacent to an activating group) is 1. The predicted molar refractivity (Wildman–Crippen MR) is 101 cm³/mol. The first kappa shape index (κ1) is 17.9. The van der Waals surface area contributed by atoms with Crippen LogP contribution in [-0.4, -0.2) is 52.0 Å². The van der Waals surface area contributed by atoms with E-state index < -0.39 is 5.91 Å². The Hall–Kier alpha value is -2.93. The number of nitrogens with one attached hydrogen (secondary N) is 1. The van der Waals surface area contributed by atoms with E-state index in [-0.39, 0.29) is 0 Å². The van der Waals surface area contributed by atoms with Crippen LogP contribution in [0, 0.1) is 0 Å². The second-order valence-corrected chi connectivity index (χ2v) is 5.90. The van der Waals surface area contributed by atoms with E-state index in [1.54, 1.807) is 24.5 Å². The van der Waals surface area contributed by atoms with Crippen molar-refractivity contribution in [1.82, 2.24) is 19.9 Å². The van der Waals surface area contributed by atoms with Gasteiger partial charge in [-0.2, -0.15) is 0 Å². The van der Waals surface area contributed by atoms with Crippen LogP contribution in [0.2, 0.25) is 0 Å². The highest BCUT2D eigenvalue weighted by atomic mass is 16.5. The van der Waals surface area contributed by atoms with E-state index in [0.29, 0.717) is 29.3 Å². The van der Waals surface area contributed by atoms with E-state index in [1.807, 2.05) is 12.1 Å². The fourth-order valence-electron chi connectivity index (χ4n) is 2.87. The second kappa shape index (κ2) is 7.97. The van der Waals surface area contributed by atoms with Crippen molar-refractivity contribution in [1.29, 1.82) is 0 Å². The lowest BCUT2D eigenvalue weighted by molar-refractivity contribution is 0.100. The lowest BCUT2D eigenvalue weighted by atomic mass is 10.2. The molecule has 0 unspecified atom stereocenters. The van der Waals surface area contributed by atoms with Crippen molar-refractivity contribution < 1.29 is 9.53 Å². The average Bonchev–Trinajstić information content (AvgIpc) is 3.09. The highest BCUT2D eigenvalue weighted by Crippen LogP contribution is 2.29. The van der Waals surface area contributed by atoms with E-state index in [0.717, 1.165) is 30.7 Å². The third-order valence-corrected chi connectivity index (χ3v) is 4.37. The molecule has 0 fully saturated rings. The number of rotatable bonds is 8. The molecule has 0 aliphatic carbocycles. The van der Waals surface area contributed by atoms with Gasteiger partial charge in [0.15, 0.2) is 0 Å². The normalized spacial score (nSPS) is 11.2. The summed E-state index contributed by atoms with van der Waals surface area (Å²) < 4.78 is 5.97. The SMILES string of the molecule is CCN(CC)CCOc1ccncc1-c1nc2c(C(N)=O)cccc2[nH]1. The minimum absolute atomic E-state index is 0.387. The molecule has 7 nitrogen and oxygen atoms in total. The molecule has 0 radical (unpaired) electrons. The van der Waals surface area contributed by atoms with Crippen LogP contribution in [0.15, 0.2) is 36.7 Å². The zero-order chi connectivity index (χ0) is 18.5. The van der Waals surface area contributed by atoms with Gasteiger partial charge in [-0.15, -0.1) is 0 Å². The van der Waals surface area contributed by atoms with Gasteiger partial charge < -0.3 is 20.4 Å². The first-order valence-electron chi connectivity index (χ1n) is 8.72. The Balaban J connectivity index is 1.89. The maximum atomic E-state index is 11.6. The fraction of sp³-hybridized carbons (Fsp3) is 0.316. The molecule has 0 atom stereocenters. The Kier molecular flexibility index (Phi) is 5.48. The van der Waals surface area contributed by atoms with E-state index in [9.17, 15) is 4.79 Å². The average molecular weight is 353 g/mol. The minimum atomic E-state index is -0.504. The molecule has 3 aromatic rings. The van der Waals surface area contributed by atoms with Crippen LogP contribution < -0.4 is 10.5 Å². The van der Waals surface area contributed by atoms with E-state index in [2.05, 4.69) is 33.7 Å². The number of ether oxygens (including phenoxy) is 1. The number of aromatic amines is 1. The van der Waals surface area contributed by atoms with Crippen molar-refractivity contribution in [3.63, 3.8) is 0 Å². The van der Waals surface area contributed by atoms with Crippen LogP contribution in [0.3, 0.4) is 0 Å². The fourth-order valence-corrected chi connectivity index (χ4v) is 2.87. The lowest BCUT2D eigenvalue weighted by Crippen LogP contribution is -2.28. The van der Waals surface area contributed by atoms with Crippen LogP contribution in [0.5, 0.6) is 5.75 Å². The topological polar surface area (TPSA) is 97.1 Å². The van der Waals surface area contributed by atoms with Crippen LogP contribution in [-0.2, 0) is 0 Å². The number of nitrogens with zero attached hydrogens (tertiary/aromatic N) is 3. The molecular weight excluding hydrogens is 330 g/mol. The van der Waals surface area contributed by atoms with Gasteiger partial charge in [0, 0.05) is 18.9 Å². The quantitative estimate of drug-likeness (QED) is 0.648. The van der Waals surface area contributed by atoms with E-state index in [4.69, 9.17) is 10.5 Å². The molecule has 0 bridgehead atoms. The molecule has 7 heteroatoms. The number of hydrogen-bond acceptors (Lipinski definition) is 5. The number of hydrogen-bond donors (Lipinski definition) is 2. The number of nitrogens with two attached hydrogens (primary N) is 1. The zero-order valence-electron chi connectivity index (χ0n) is 15.0. The number of imidazole rings is 1. The molecule has 0 aliphatic rings. The van der Waals surface area contributed by atoms with Crippen molar-refractivity contribution in [2.24, 2.45) is 5.73 Å². The minimum Gasteiger partial charge on any atom is -0.491 e. The first-order valence-corrected chi connectivity index (χ1v) is 8.72. The predicted octanol–water partition coefficient (Wildman–Crippen LogP) is 2.44. The molecule has 0 saturated carbocycles. The highest BCUT2D eigenvalue weighted by molar-refractivity contribution is 6.04. The molecule has 0 aliphatic heterocycles. The van der Waals surface area contributed by atoms with Crippen LogP contribution >= 0.6 is 0 Å². The smallest absolute Gasteiger partial charge is 0.250 e. The summed E-state index contributed by atoms with van der Waals surface area (Å²) in [5.41, 5.74) is 7.87. The van der Waals surface area contributed by atoms with Gasteiger partial charge in [0.2, 0.25) is 0 Å². The molecule has 1 amide bonds. The number of amides is 1. The summed E-state index contributed by atoms with van der Waals surface area (Å²) in [5.74, 6) is 0.794. The first-order chi connectivity index (χ1) is 12.6. The summed E-state index contributed by atoms with van der Waals surface area (Å²) in [5, 5.41) is 0. The maximum absolute atomic E-state index is 11.6. The van der Waals surface area contributed by atoms with E-state index >= 15 is 0 Å². The summed E-state index contributed by atoms with van der Waals surface area (Å²) in [4.78, 5) is 25.9. The Morgan fingerprint density at radius 3 is 2.81 bits per heavy atom. The Morgan fingerprint density at radius 1 is 1.27 bits per heavy atom. The van der Waals surface area contributed by atoms with Gasteiger partial charge in [0.1, 0.15) is 23.7 Å². The molecule has 1 aromatic carbocycles. The number of aromatic nitrogens is 3. The molecule has 2 aromatic heterocycles. The van der Waals surface area contributed by atoms with Gasteiger partial charge in [-0.3, -0.25) is 9.78 Å². The molecule has 0 spiro atoms.